The van der Waals surface area contributed by atoms with Crippen LogP contribution in [0.3, 0.4) is 0 Å². The molecule has 0 unspecified atom stereocenters. The number of hydrogen-bond acceptors (Lipinski definition) is 4. The Kier molecular flexibility index (Phi) is 45.0. The highest BCUT2D eigenvalue weighted by molar-refractivity contribution is 6.00. The Hall–Kier alpha value is -3.80. The molecule has 8 rings (SSSR count). The molecule has 0 bridgehead atoms. The zero-order valence-corrected chi connectivity index (χ0v) is 46.7. The molecule has 4 aliphatic rings. The molecule has 4 nitrogen and oxygen atoms in total. The largest absolute Gasteiger partial charge is 0.310 e. The van der Waals surface area contributed by atoms with Crippen LogP contribution in [0.1, 0.15) is 155 Å². The Labute approximate surface area is 400 Å². The van der Waals surface area contributed by atoms with Gasteiger partial charge in [-0.15, -0.1) is 0 Å². The van der Waals surface area contributed by atoms with E-state index in [-0.39, 0.29) is 0 Å². The number of benzene rings is 4. The summed E-state index contributed by atoms with van der Waals surface area (Å²) in [4.78, 5) is 8.50. The monoisotopic (exact) mass is 881 g/mol. The number of nitrogens with zero attached hydrogens (tertiary/aromatic N) is 4. The minimum absolute atomic E-state index is 1.10. The number of fused-ring (bicyclic) bond motifs is 12. The molecule has 0 heterocycles. The minimum Gasteiger partial charge on any atom is -0.310 e. The highest BCUT2D eigenvalue weighted by Crippen LogP contribution is 2.39. The first-order valence-corrected chi connectivity index (χ1v) is 25.4. The van der Waals surface area contributed by atoms with Gasteiger partial charge in [-0.3, -0.25) is 0 Å². The Morgan fingerprint density at radius 2 is 0.484 bits per heavy atom. The first kappa shape index (κ1) is 66.8. The van der Waals surface area contributed by atoms with Crippen LogP contribution in [0, 0.1) is 0 Å². The van der Waals surface area contributed by atoms with Crippen molar-refractivity contribution >= 4 is 45.8 Å². The van der Waals surface area contributed by atoms with E-state index >= 15 is 0 Å². The summed E-state index contributed by atoms with van der Waals surface area (Å²) < 4.78 is 0. The fraction of sp³-hybridized carbons (Fsp3) is 0.533. The average Bonchev–Trinajstić information content (AvgIpc) is 4.22. The maximum absolute atomic E-state index is 2.30. The van der Waals surface area contributed by atoms with Crippen LogP contribution in [0.25, 0.3) is 45.8 Å². The van der Waals surface area contributed by atoms with Gasteiger partial charge in [-0.1, -0.05) is 208 Å². The van der Waals surface area contributed by atoms with E-state index < -0.39 is 0 Å². The van der Waals surface area contributed by atoms with Gasteiger partial charge in [0.2, 0.25) is 0 Å². The van der Waals surface area contributed by atoms with Crippen LogP contribution in [0.2, 0.25) is 0 Å². The average molecular weight is 882 g/mol. The molecule has 0 aromatic heterocycles. The van der Waals surface area contributed by atoms with Crippen LogP contribution < -0.4 is 0 Å². The maximum Gasteiger partial charge on any atom is -0.00533 e. The van der Waals surface area contributed by atoms with Gasteiger partial charge in [-0.05, 0) is 174 Å². The molecule has 0 atom stereocenters. The number of hydrogen-bond donors (Lipinski definition) is 0. The van der Waals surface area contributed by atoms with Gasteiger partial charge in [0, 0.05) is 0 Å². The van der Waals surface area contributed by atoms with Crippen molar-refractivity contribution < 1.29 is 0 Å². The molecule has 364 valence electrons. The van der Waals surface area contributed by atoms with Gasteiger partial charge in [-0.2, -0.15) is 0 Å². The third-order valence-electron chi connectivity index (χ3n) is 9.99. The molecule has 4 aromatic rings. The molecule has 0 aliphatic heterocycles. The molecule has 4 aromatic carbocycles. The van der Waals surface area contributed by atoms with Crippen LogP contribution >= 0.6 is 0 Å². The van der Waals surface area contributed by atoms with E-state index in [0.717, 1.165) is 51.9 Å². The Balaban J connectivity index is -0.000000348. The van der Waals surface area contributed by atoms with E-state index in [9.17, 15) is 0 Å². The van der Waals surface area contributed by atoms with Crippen molar-refractivity contribution in [3.63, 3.8) is 0 Å². The summed E-state index contributed by atoms with van der Waals surface area (Å²) in [6, 6.07) is 17.6. The third kappa shape index (κ3) is 23.4. The van der Waals surface area contributed by atoms with E-state index in [4.69, 9.17) is 0 Å². The van der Waals surface area contributed by atoms with Crippen molar-refractivity contribution in [3.05, 3.63) is 117 Å². The molecule has 0 saturated heterocycles. The highest BCUT2D eigenvalue weighted by Gasteiger charge is 2.21. The summed E-state index contributed by atoms with van der Waals surface area (Å²) in [5, 5.41) is 5.72. The van der Waals surface area contributed by atoms with Gasteiger partial charge in [0.15, 0.2) is 0 Å². The van der Waals surface area contributed by atoms with Gasteiger partial charge in [0.1, 0.15) is 0 Å². The first-order valence-electron chi connectivity index (χ1n) is 25.4. The van der Waals surface area contributed by atoms with Crippen molar-refractivity contribution in [1.29, 1.82) is 0 Å². The lowest BCUT2D eigenvalue weighted by atomic mass is 9.91. The molecule has 4 heteroatoms. The quantitative estimate of drug-likeness (QED) is 0.202. The molecule has 64 heavy (non-hydrogen) atoms. The van der Waals surface area contributed by atoms with Gasteiger partial charge in [0.25, 0.3) is 0 Å². The van der Waals surface area contributed by atoms with Crippen molar-refractivity contribution in [2.75, 3.05) is 82.6 Å². The summed E-state index contributed by atoms with van der Waals surface area (Å²) in [7, 11) is 16.4. The van der Waals surface area contributed by atoms with Gasteiger partial charge in [-0.25, -0.2) is 0 Å². The van der Waals surface area contributed by atoms with Crippen LogP contribution in [0.4, 0.5) is 0 Å². The topological polar surface area (TPSA) is 13.0 Å². The van der Waals surface area contributed by atoms with E-state index in [1.165, 1.54) is 66.1 Å². The molecule has 0 spiro atoms. The third-order valence-corrected chi connectivity index (χ3v) is 9.99. The fourth-order valence-electron chi connectivity index (χ4n) is 6.07. The molecular formula is C60H104N4. The van der Waals surface area contributed by atoms with E-state index in [2.05, 4.69) is 201 Å². The van der Waals surface area contributed by atoms with Crippen LogP contribution in [-0.4, -0.2) is 102 Å². The first-order chi connectivity index (χ1) is 31.0. The molecule has 4 aliphatic carbocycles. The molecule has 0 radical (unpaired) electrons. The lowest BCUT2D eigenvalue weighted by Gasteiger charge is -2.12. The SMILES string of the molecule is C1=Cc2c(c3c(c4ccccc24)CC=C3)C1.C1=Cc2c(c3c(c4ccccc24)CC=C3)C1.CC.CC.CC.CC.CC.CC.CCN(C)C.CCN(C)C.CCN(C)C.CCN(C)C. The normalized spacial score (nSPS) is 11.4. The van der Waals surface area contributed by atoms with E-state index in [1.54, 1.807) is 0 Å². The fourth-order valence-corrected chi connectivity index (χ4v) is 6.07. The second-order valence-corrected chi connectivity index (χ2v) is 14.7. The summed E-state index contributed by atoms with van der Waals surface area (Å²) in [6.45, 7) is 37.1. The summed E-state index contributed by atoms with van der Waals surface area (Å²) in [5.41, 5.74) is 12.0. The standard InChI is InChI=1S/2C16H12.4C4H11N.6C2H6/c2*1-2-6-12-11(5-1)13-7-3-9-15(13)16-10-4-8-14(12)16;4*1-4-5(2)3;6*1-2/h2*1-7,10H,8-9H2;4*4H2,1-3H3;6*1-2H3. The summed E-state index contributed by atoms with van der Waals surface area (Å²) in [5.74, 6) is 0. The zero-order chi connectivity index (χ0) is 50.2. The minimum atomic E-state index is 1.10. The van der Waals surface area contributed by atoms with Crippen LogP contribution in [-0.2, 0) is 25.7 Å². The second kappa shape index (κ2) is 43.1. The van der Waals surface area contributed by atoms with Crippen LogP contribution in [0.15, 0.2) is 72.8 Å². The van der Waals surface area contributed by atoms with Gasteiger partial charge < -0.3 is 19.6 Å². The second-order valence-electron chi connectivity index (χ2n) is 14.7. The lowest BCUT2D eigenvalue weighted by molar-refractivity contribution is 0.434. The predicted octanol–water partition coefficient (Wildman–Crippen LogP) is 16.4. The summed E-state index contributed by atoms with van der Waals surface area (Å²) >= 11 is 0. The molecular weight excluding hydrogens is 777 g/mol. The van der Waals surface area contributed by atoms with E-state index in [0.29, 0.717) is 0 Å². The van der Waals surface area contributed by atoms with E-state index in [1.807, 2.05) is 83.1 Å². The summed E-state index contributed by atoms with van der Waals surface area (Å²) in [6.07, 6.45) is 22.7. The molecule has 0 fully saturated rings. The Morgan fingerprint density at radius 1 is 0.297 bits per heavy atom. The molecule has 0 amide bonds. The van der Waals surface area contributed by atoms with Gasteiger partial charge in [0.05, 0.1) is 0 Å². The highest BCUT2D eigenvalue weighted by atomic mass is 15.0. The van der Waals surface area contributed by atoms with Crippen molar-refractivity contribution in [3.8, 4) is 0 Å². The lowest BCUT2D eigenvalue weighted by Crippen LogP contribution is -2.08. The smallest absolute Gasteiger partial charge is 0.00533 e. The molecule has 0 N–H and O–H groups in total. The Morgan fingerprint density at radius 3 is 0.703 bits per heavy atom. The predicted molar refractivity (Wildman–Crippen MR) is 304 cm³/mol. The molecule has 0 saturated carbocycles. The van der Waals surface area contributed by atoms with Gasteiger partial charge >= 0.3 is 0 Å². The van der Waals surface area contributed by atoms with Crippen molar-refractivity contribution in [2.24, 2.45) is 0 Å². The Bertz CT molecular complexity index is 1690. The number of allylic oxidation sites excluding steroid dienone is 4. The number of rotatable bonds is 4. The van der Waals surface area contributed by atoms with Crippen LogP contribution in [0.5, 0.6) is 0 Å². The maximum atomic E-state index is 2.30. The van der Waals surface area contributed by atoms with Crippen molar-refractivity contribution in [2.45, 2.75) is 136 Å². The zero-order valence-electron chi connectivity index (χ0n) is 46.7. The van der Waals surface area contributed by atoms with Crippen molar-refractivity contribution in [1.82, 2.24) is 19.6 Å².